The lowest BCUT2D eigenvalue weighted by molar-refractivity contribution is 0.195. The van der Waals surface area contributed by atoms with Crippen molar-refractivity contribution in [2.75, 3.05) is 18.5 Å². The Morgan fingerprint density at radius 3 is 2.82 bits per heavy atom. The molecule has 1 aromatic rings. The van der Waals surface area contributed by atoms with Crippen LogP contribution in [0, 0.1) is 6.92 Å². The number of hydrogen-bond acceptors (Lipinski definition) is 4. The lowest BCUT2D eigenvalue weighted by Gasteiger charge is -2.25. The SMILES string of the molecule is Cc1cc(C2CCC2)nc(N[C@@H]2CCOC2)n1. The minimum absolute atomic E-state index is 0.381. The number of aromatic nitrogens is 2. The van der Waals surface area contributed by atoms with E-state index in [9.17, 15) is 0 Å². The van der Waals surface area contributed by atoms with E-state index in [-0.39, 0.29) is 0 Å². The van der Waals surface area contributed by atoms with Gasteiger partial charge in [0.1, 0.15) is 0 Å². The molecule has 1 saturated carbocycles. The molecule has 1 saturated heterocycles. The van der Waals surface area contributed by atoms with E-state index in [2.05, 4.69) is 21.4 Å². The van der Waals surface area contributed by atoms with E-state index in [0.717, 1.165) is 31.3 Å². The zero-order valence-corrected chi connectivity index (χ0v) is 10.3. The molecule has 0 aromatic carbocycles. The Balaban J connectivity index is 1.75. The van der Waals surface area contributed by atoms with Crippen LogP contribution in [0.1, 0.15) is 43.0 Å². The molecular formula is C13H19N3O. The van der Waals surface area contributed by atoms with Crippen molar-refractivity contribution >= 4 is 5.95 Å². The molecule has 4 heteroatoms. The van der Waals surface area contributed by atoms with Gasteiger partial charge in [-0.2, -0.15) is 0 Å². The summed E-state index contributed by atoms with van der Waals surface area (Å²) in [4.78, 5) is 9.10. The average Bonchev–Trinajstić information content (AvgIpc) is 2.66. The third-order valence-corrected chi connectivity index (χ3v) is 3.66. The van der Waals surface area contributed by atoms with Crippen molar-refractivity contribution in [3.8, 4) is 0 Å². The highest BCUT2D eigenvalue weighted by atomic mass is 16.5. The smallest absolute Gasteiger partial charge is 0.223 e. The molecular weight excluding hydrogens is 214 g/mol. The standard InChI is InChI=1S/C13H19N3O/c1-9-7-12(10-3-2-4-10)16-13(14-9)15-11-5-6-17-8-11/h7,10-11H,2-6,8H2,1H3,(H,14,15,16)/t11-/m1/s1. The Bertz CT molecular complexity index is 398. The highest BCUT2D eigenvalue weighted by molar-refractivity contribution is 5.31. The Hall–Kier alpha value is -1.16. The van der Waals surface area contributed by atoms with E-state index >= 15 is 0 Å². The van der Waals surface area contributed by atoms with Crippen molar-refractivity contribution in [1.82, 2.24) is 9.97 Å². The summed E-state index contributed by atoms with van der Waals surface area (Å²) in [7, 11) is 0. The van der Waals surface area contributed by atoms with Crippen LogP contribution in [0.4, 0.5) is 5.95 Å². The maximum Gasteiger partial charge on any atom is 0.223 e. The molecule has 0 radical (unpaired) electrons. The van der Waals surface area contributed by atoms with E-state index < -0.39 is 0 Å². The third kappa shape index (κ3) is 2.41. The van der Waals surface area contributed by atoms with E-state index in [4.69, 9.17) is 4.74 Å². The molecule has 1 aliphatic carbocycles. The lowest BCUT2D eigenvalue weighted by atomic mass is 9.83. The van der Waals surface area contributed by atoms with Gasteiger partial charge in [0.15, 0.2) is 0 Å². The normalized spacial score (nSPS) is 24.6. The fraction of sp³-hybridized carbons (Fsp3) is 0.692. The van der Waals surface area contributed by atoms with Crippen LogP contribution in [0.15, 0.2) is 6.07 Å². The molecule has 2 aliphatic rings. The Morgan fingerprint density at radius 1 is 1.29 bits per heavy atom. The number of aryl methyl sites for hydroxylation is 1. The predicted octanol–water partition coefficient (Wildman–Crippen LogP) is 2.25. The molecule has 1 aliphatic heterocycles. The van der Waals surface area contributed by atoms with E-state index in [1.807, 2.05) is 6.92 Å². The predicted molar refractivity (Wildman–Crippen MR) is 66.2 cm³/mol. The fourth-order valence-corrected chi connectivity index (χ4v) is 2.40. The number of rotatable bonds is 3. The minimum atomic E-state index is 0.381. The molecule has 1 aromatic heterocycles. The molecule has 0 spiro atoms. The summed E-state index contributed by atoms with van der Waals surface area (Å²) in [6, 6.07) is 2.51. The van der Waals surface area contributed by atoms with Crippen LogP contribution in [0.3, 0.4) is 0 Å². The van der Waals surface area contributed by atoms with Crippen LogP contribution in [0.2, 0.25) is 0 Å². The van der Waals surface area contributed by atoms with Crippen molar-refractivity contribution in [2.24, 2.45) is 0 Å². The summed E-state index contributed by atoms with van der Waals surface area (Å²) in [5.41, 5.74) is 2.27. The topological polar surface area (TPSA) is 47.0 Å². The zero-order valence-electron chi connectivity index (χ0n) is 10.3. The van der Waals surface area contributed by atoms with Gasteiger partial charge in [-0.3, -0.25) is 0 Å². The molecule has 0 bridgehead atoms. The van der Waals surface area contributed by atoms with Crippen molar-refractivity contribution in [3.05, 3.63) is 17.5 Å². The molecule has 0 amide bonds. The van der Waals surface area contributed by atoms with Crippen LogP contribution in [-0.4, -0.2) is 29.2 Å². The summed E-state index contributed by atoms with van der Waals surface area (Å²) < 4.78 is 5.35. The maximum atomic E-state index is 5.35. The lowest BCUT2D eigenvalue weighted by Crippen LogP contribution is -2.22. The van der Waals surface area contributed by atoms with Crippen LogP contribution in [-0.2, 0) is 4.74 Å². The Morgan fingerprint density at radius 2 is 2.18 bits per heavy atom. The molecule has 2 fully saturated rings. The van der Waals surface area contributed by atoms with Gasteiger partial charge in [-0.1, -0.05) is 6.42 Å². The first-order valence-corrected chi connectivity index (χ1v) is 6.51. The van der Waals surface area contributed by atoms with Crippen molar-refractivity contribution in [3.63, 3.8) is 0 Å². The highest BCUT2D eigenvalue weighted by Gasteiger charge is 2.22. The minimum Gasteiger partial charge on any atom is -0.379 e. The summed E-state index contributed by atoms with van der Waals surface area (Å²) >= 11 is 0. The Kier molecular flexibility index (Phi) is 2.97. The number of ether oxygens (including phenoxy) is 1. The molecule has 1 atom stereocenters. The van der Waals surface area contributed by atoms with Crippen molar-refractivity contribution in [2.45, 2.75) is 44.6 Å². The second kappa shape index (κ2) is 4.61. The van der Waals surface area contributed by atoms with E-state index in [0.29, 0.717) is 12.0 Å². The van der Waals surface area contributed by atoms with Crippen LogP contribution < -0.4 is 5.32 Å². The zero-order chi connectivity index (χ0) is 11.7. The van der Waals surface area contributed by atoms with Crippen LogP contribution in [0.25, 0.3) is 0 Å². The third-order valence-electron chi connectivity index (χ3n) is 3.66. The highest BCUT2D eigenvalue weighted by Crippen LogP contribution is 2.35. The summed E-state index contributed by atoms with van der Waals surface area (Å²) in [5.74, 6) is 1.44. The first-order valence-electron chi connectivity index (χ1n) is 6.51. The number of anilines is 1. The quantitative estimate of drug-likeness (QED) is 0.870. The molecule has 3 rings (SSSR count). The summed E-state index contributed by atoms with van der Waals surface area (Å²) in [6.07, 6.45) is 4.95. The van der Waals surface area contributed by atoms with Gasteiger partial charge in [-0.25, -0.2) is 9.97 Å². The first kappa shape index (κ1) is 11.0. The number of nitrogens with one attached hydrogen (secondary N) is 1. The largest absolute Gasteiger partial charge is 0.379 e. The summed E-state index contributed by atoms with van der Waals surface area (Å²) in [6.45, 7) is 3.66. The number of hydrogen-bond donors (Lipinski definition) is 1. The molecule has 2 heterocycles. The monoisotopic (exact) mass is 233 g/mol. The van der Waals surface area contributed by atoms with Gasteiger partial charge in [0, 0.05) is 23.9 Å². The second-order valence-electron chi connectivity index (χ2n) is 5.09. The van der Waals surface area contributed by atoms with Gasteiger partial charge in [0.05, 0.1) is 12.6 Å². The van der Waals surface area contributed by atoms with Gasteiger partial charge < -0.3 is 10.1 Å². The van der Waals surface area contributed by atoms with Gasteiger partial charge in [0.25, 0.3) is 0 Å². The second-order valence-corrected chi connectivity index (χ2v) is 5.09. The molecule has 0 unspecified atom stereocenters. The first-order chi connectivity index (χ1) is 8.31. The summed E-state index contributed by atoms with van der Waals surface area (Å²) in [5, 5.41) is 3.38. The average molecular weight is 233 g/mol. The van der Waals surface area contributed by atoms with Crippen LogP contribution in [0.5, 0.6) is 0 Å². The van der Waals surface area contributed by atoms with Gasteiger partial charge in [-0.05, 0) is 32.3 Å². The Labute approximate surface area is 102 Å². The van der Waals surface area contributed by atoms with Crippen molar-refractivity contribution in [1.29, 1.82) is 0 Å². The molecule has 92 valence electrons. The molecule has 4 nitrogen and oxygen atoms in total. The number of nitrogens with zero attached hydrogens (tertiary/aromatic N) is 2. The molecule has 17 heavy (non-hydrogen) atoms. The van der Waals surface area contributed by atoms with Gasteiger partial charge >= 0.3 is 0 Å². The van der Waals surface area contributed by atoms with Gasteiger partial charge in [-0.15, -0.1) is 0 Å². The molecule has 1 N–H and O–H groups in total. The maximum absolute atomic E-state index is 5.35. The van der Waals surface area contributed by atoms with E-state index in [1.165, 1.54) is 25.0 Å². The fourth-order valence-electron chi connectivity index (χ4n) is 2.40. The van der Waals surface area contributed by atoms with Gasteiger partial charge in [0.2, 0.25) is 5.95 Å². The van der Waals surface area contributed by atoms with E-state index in [1.54, 1.807) is 0 Å². The van der Waals surface area contributed by atoms with Crippen molar-refractivity contribution < 1.29 is 4.74 Å². The van der Waals surface area contributed by atoms with Crippen LogP contribution >= 0.6 is 0 Å².